The third-order valence-electron chi connectivity index (χ3n) is 2.38. The maximum atomic E-state index is 13.2. The van der Waals surface area contributed by atoms with Crippen LogP contribution in [0.5, 0.6) is 5.75 Å². The first-order valence-corrected chi connectivity index (χ1v) is 6.36. The zero-order chi connectivity index (χ0) is 12.4. The Labute approximate surface area is 118 Å². The topological polar surface area (TPSA) is 9.23 Å². The van der Waals surface area contributed by atoms with Gasteiger partial charge in [-0.05, 0) is 46.4 Å². The molecule has 0 atom stereocenters. The van der Waals surface area contributed by atoms with E-state index in [9.17, 15) is 4.39 Å². The molecule has 0 amide bonds. The van der Waals surface area contributed by atoms with Gasteiger partial charge in [-0.1, -0.05) is 23.7 Å². The van der Waals surface area contributed by atoms with E-state index in [2.05, 4.69) is 22.6 Å². The Balaban J connectivity index is 2.56. The molecule has 0 aromatic heterocycles. The predicted octanol–water partition coefficient (Wildman–Crippen LogP) is 4.76. The van der Waals surface area contributed by atoms with Crippen LogP contribution in [0.3, 0.4) is 0 Å². The highest BCUT2D eigenvalue weighted by Crippen LogP contribution is 2.34. The number of hydrogen-bond donors (Lipinski definition) is 0. The molecule has 0 spiro atoms. The highest BCUT2D eigenvalue weighted by molar-refractivity contribution is 14.1. The van der Waals surface area contributed by atoms with Crippen LogP contribution in [0, 0.1) is 9.39 Å². The Kier molecular flexibility index (Phi) is 3.89. The van der Waals surface area contributed by atoms with E-state index in [4.69, 9.17) is 16.3 Å². The van der Waals surface area contributed by atoms with Crippen molar-refractivity contribution in [3.05, 3.63) is 50.8 Å². The molecule has 88 valence electrons. The highest BCUT2D eigenvalue weighted by atomic mass is 127. The molecule has 1 nitrogen and oxygen atoms in total. The maximum absolute atomic E-state index is 13.2. The maximum Gasteiger partial charge on any atom is 0.133 e. The SMILES string of the molecule is COc1cc(Cl)c(-c2cccc(F)c2)cc1I. The van der Waals surface area contributed by atoms with E-state index in [0.717, 1.165) is 20.4 Å². The van der Waals surface area contributed by atoms with Gasteiger partial charge in [0.15, 0.2) is 0 Å². The largest absolute Gasteiger partial charge is 0.496 e. The van der Waals surface area contributed by atoms with Gasteiger partial charge in [-0.15, -0.1) is 0 Å². The lowest BCUT2D eigenvalue weighted by Gasteiger charge is -2.09. The summed E-state index contributed by atoms with van der Waals surface area (Å²) in [4.78, 5) is 0. The smallest absolute Gasteiger partial charge is 0.133 e. The molecule has 0 unspecified atom stereocenters. The first-order chi connectivity index (χ1) is 8.11. The fourth-order valence-corrected chi connectivity index (χ4v) is 2.51. The second-order valence-corrected chi connectivity index (χ2v) is 5.05. The third kappa shape index (κ3) is 2.72. The summed E-state index contributed by atoms with van der Waals surface area (Å²) in [6, 6.07) is 9.99. The van der Waals surface area contributed by atoms with Gasteiger partial charge in [0.25, 0.3) is 0 Å². The van der Waals surface area contributed by atoms with Crippen LogP contribution in [0.4, 0.5) is 4.39 Å². The molecular weight excluding hydrogens is 353 g/mol. The van der Waals surface area contributed by atoms with Crippen LogP contribution in [0.25, 0.3) is 11.1 Å². The predicted molar refractivity (Wildman–Crippen MR) is 76.1 cm³/mol. The molecule has 17 heavy (non-hydrogen) atoms. The van der Waals surface area contributed by atoms with Crippen molar-refractivity contribution >= 4 is 34.2 Å². The van der Waals surface area contributed by atoms with Crippen molar-refractivity contribution in [2.75, 3.05) is 7.11 Å². The zero-order valence-electron chi connectivity index (χ0n) is 9.01. The molecule has 0 aliphatic carbocycles. The van der Waals surface area contributed by atoms with Crippen LogP contribution in [-0.4, -0.2) is 7.11 Å². The molecule has 0 N–H and O–H groups in total. The van der Waals surface area contributed by atoms with Crippen molar-refractivity contribution < 1.29 is 9.13 Å². The first kappa shape index (κ1) is 12.6. The summed E-state index contributed by atoms with van der Waals surface area (Å²) >= 11 is 8.32. The van der Waals surface area contributed by atoms with Crippen LogP contribution in [0.15, 0.2) is 36.4 Å². The minimum atomic E-state index is -0.274. The van der Waals surface area contributed by atoms with Crippen molar-refractivity contribution in [2.45, 2.75) is 0 Å². The van der Waals surface area contributed by atoms with Gasteiger partial charge in [-0.3, -0.25) is 0 Å². The molecular formula is C13H9ClFIO. The molecule has 2 aromatic rings. The summed E-state index contributed by atoms with van der Waals surface area (Å²) < 4.78 is 19.3. The summed E-state index contributed by atoms with van der Waals surface area (Å²) in [7, 11) is 1.59. The lowest BCUT2D eigenvalue weighted by molar-refractivity contribution is 0.412. The van der Waals surface area contributed by atoms with Crippen molar-refractivity contribution in [1.29, 1.82) is 0 Å². The van der Waals surface area contributed by atoms with Gasteiger partial charge >= 0.3 is 0 Å². The number of halogens is 3. The quantitative estimate of drug-likeness (QED) is 0.700. The van der Waals surface area contributed by atoms with E-state index >= 15 is 0 Å². The normalized spacial score (nSPS) is 10.4. The summed E-state index contributed by atoms with van der Waals surface area (Å²) in [5, 5.41) is 0.549. The molecule has 0 heterocycles. The van der Waals surface area contributed by atoms with Gasteiger partial charge in [0.05, 0.1) is 15.7 Å². The van der Waals surface area contributed by atoms with Crippen LogP contribution < -0.4 is 4.74 Å². The fraction of sp³-hybridized carbons (Fsp3) is 0.0769. The molecule has 0 aliphatic heterocycles. The molecule has 0 aliphatic rings. The molecule has 4 heteroatoms. The van der Waals surface area contributed by atoms with Crippen molar-refractivity contribution in [1.82, 2.24) is 0 Å². The molecule has 2 rings (SSSR count). The monoisotopic (exact) mass is 362 g/mol. The minimum Gasteiger partial charge on any atom is -0.496 e. The van der Waals surface area contributed by atoms with E-state index in [0.29, 0.717) is 5.02 Å². The Morgan fingerprint density at radius 1 is 1.24 bits per heavy atom. The van der Waals surface area contributed by atoms with Gasteiger partial charge in [0.1, 0.15) is 11.6 Å². The average Bonchev–Trinajstić information content (AvgIpc) is 2.31. The van der Waals surface area contributed by atoms with Gasteiger partial charge in [0.2, 0.25) is 0 Å². The van der Waals surface area contributed by atoms with Crippen LogP contribution in [0.1, 0.15) is 0 Å². The number of hydrogen-bond acceptors (Lipinski definition) is 1. The first-order valence-electron chi connectivity index (χ1n) is 4.91. The number of benzene rings is 2. The van der Waals surface area contributed by atoms with Gasteiger partial charge in [0, 0.05) is 11.6 Å². The van der Waals surface area contributed by atoms with E-state index in [1.54, 1.807) is 19.2 Å². The van der Waals surface area contributed by atoms with E-state index < -0.39 is 0 Å². The molecule has 0 radical (unpaired) electrons. The summed E-state index contributed by atoms with van der Waals surface area (Å²) in [5.41, 5.74) is 1.56. The summed E-state index contributed by atoms with van der Waals surface area (Å²) in [6.07, 6.45) is 0. The van der Waals surface area contributed by atoms with Gasteiger partial charge in [-0.25, -0.2) is 4.39 Å². The van der Waals surface area contributed by atoms with E-state index in [1.807, 2.05) is 12.1 Å². The van der Waals surface area contributed by atoms with Crippen LogP contribution >= 0.6 is 34.2 Å². The average molecular weight is 363 g/mol. The number of methoxy groups -OCH3 is 1. The van der Waals surface area contributed by atoms with Crippen molar-refractivity contribution in [3.8, 4) is 16.9 Å². The van der Waals surface area contributed by atoms with E-state index in [-0.39, 0.29) is 5.82 Å². The minimum absolute atomic E-state index is 0.274. The lowest BCUT2D eigenvalue weighted by atomic mass is 10.1. The van der Waals surface area contributed by atoms with Crippen molar-refractivity contribution in [2.24, 2.45) is 0 Å². The van der Waals surface area contributed by atoms with Crippen molar-refractivity contribution in [3.63, 3.8) is 0 Å². The molecule has 0 bridgehead atoms. The Bertz CT molecular complexity index is 557. The fourth-order valence-electron chi connectivity index (χ4n) is 1.56. The molecule has 0 fully saturated rings. The molecule has 2 aromatic carbocycles. The second-order valence-electron chi connectivity index (χ2n) is 3.48. The van der Waals surface area contributed by atoms with E-state index in [1.165, 1.54) is 12.1 Å². The Hall–Kier alpha value is -0.810. The molecule has 0 saturated heterocycles. The second kappa shape index (κ2) is 5.23. The zero-order valence-corrected chi connectivity index (χ0v) is 11.9. The lowest BCUT2D eigenvalue weighted by Crippen LogP contribution is -1.89. The number of ether oxygens (including phenoxy) is 1. The highest BCUT2D eigenvalue weighted by Gasteiger charge is 2.09. The third-order valence-corrected chi connectivity index (χ3v) is 3.53. The Morgan fingerprint density at radius 2 is 2.00 bits per heavy atom. The Morgan fingerprint density at radius 3 is 2.65 bits per heavy atom. The van der Waals surface area contributed by atoms with Crippen LogP contribution in [0.2, 0.25) is 5.02 Å². The summed E-state index contributed by atoms with van der Waals surface area (Å²) in [5.74, 6) is 0.445. The number of rotatable bonds is 2. The standard InChI is InChI=1S/C13H9ClFIO/c1-17-13-7-11(14)10(6-12(13)16)8-3-2-4-9(15)5-8/h2-7H,1H3. The van der Waals surface area contributed by atoms with Gasteiger partial charge < -0.3 is 4.74 Å². The molecule has 0 saturated carbocycles. The van der Waals surface area contributed by atoms with Crippen LogP contribution in [-0.2, 0) is 0 Å². The summed E-state index contributed by atoms with van der Waals surface area (Å²) in [6.45, 7) is 0. The van der Waals surface area contributed by atoms with Gasteiger partial charge in [-0.2, -0.15) is 0 Å².